The SMILES string of the molecule is CC1(C)CC(=O)C2=C(C1)N(CC(N)=O)C(=O)C21C(C#N)=C(N)Oc2ccccc21. The molecule has 4 rings (SSSR count). The maximum Gasteiger partial charge on any atom is 0.248 e. The summed E-state index contributed by atoms with van der Waals surface area (Å²) in [4.78, 5) is 40.2. The number of carbonyl (C=O) groups excluding carboxylic acids is 3. The molecule has 8 nitrogen and oxygen atoms in total. The molecule has 148 valence electrons. The van der Waals surface area contributed by atoms with E-state index >= 15 is 0 Å². The van der Waals surface area contributed by atoms with Gasteiger partial charge in [0.1, 0.15) is 29.4 Å². The van der Waals surface area contributed by atoms with E-state index in [1.807, 2.05) is 19.9 Å². The monoisotopic (exact) mass is 392 g/mol. The summed E-state index contributed by atoms with van der Waals surface area (Å²) in [6.07, 6.45) is 0.587. The van der Waals surface area contributed by atoms with Gasteiger partial charge in [-0.1, -0.05) is 32.0 Å². The van der Waals surface area contributed by atoms with Crippen LogP contribution in [-0.2, 0) is 19.8 Å². The van der Waals surface area contributed by atoms with Crippen molar-refractivity contribution in [2.75, 3.05) is 6.54 Å². The molecule has 0 saturated carbocycles. The van der Waals surface area contributed by atoms with Crippen LogP contribution in [0.25, 0.3) is 0 Å². The van der Waals surface area contributed by atoms with Gasteiger partial charge < -0.3 is 21.1 Å². The van der Waals surface area contributed by atoms with Crippen LogP contribution >= 0.6 is 0 Å². The predicted octanol–water partition coefficient (Wildman–Crippen LogP) is 0.981. The molecule has 2 aliphatic heterocycles. The molecule has 0 bridgehead atoms. The van der Waals surface area contributed by atoms with Crippen molar-refractivity contribution >= 4 is 17.6 Å². The maximum absolute atomic E-state index is 13.8. The van der Waals surface area contributed by atoms with Gasteiger partial charge in [-0.25, -0.2) is 0 Å². The summed E-state index contributed by atoms with van der Waals surface area (Å²) in [5.74, 6) is -1.49. The number of benzene rings is 1. The quantitative estimate of drug-likeness (QED) is 0.769. The Morgan fingerprint density at radius 3 is 2.62 bits per heavy atom. The minimum absolute atomic E-state index is 0.145. The van der Waals surface area contributed by atoms with Crippen molar-refractivity contribution < 1.29 is 19.1 Å². The van der Waals surface area contributed by atoms with E-state index in [0.29, 0.717) is 23.4 Å². The molecule has 0 saturated heterocycles. The van der Waals surface area contributed by atoms with Gasteiger partial charge in [0.05, 0.1) is 0 Å². The number of allylic oxidation sites excluding steroid dienone is 1. The first-order chi connectivity index (χ1) is 13.6. The minimum atomic E-state index is -1.73. The number of fused-ring (bicyclic) bond motifs is 3. The van der Waals surface area contributed by atoms with Crippen LogP contribution in [0, 0.1) is 16.7 Å². The molecule has 0 fully saturated rings. The van der Waals surface area contributed by atoms with Gasteiger partial charge in [-0.05, 0) is 17.9 Å². The first-order valence-electron chi connectivity index (χ1n) is 9.18. The summed E-state index contributed by atoms with van der Waals surface area (Å²) in [5.41, 5.74) is 10.1. The average Bonchev–Trinajstić information content (AvgIpc) is 2.84. The van der Waals surface area contributed by atoms with E-state index in [4.69, 9.17) is 16.2 Å². The lowest BCUT2D eigenvalue weighted by Crippen LogP contribution is -2.48. The highest BCUT2D eigenvalue weighted by atomic mass is 16.5. The third-order valence-electron chi connectivity index (χ3n) is 5.68. The van der Waals surface area contributed by atoms with Crippen LogP contribution in [0.3, 0.4) is 0 Å². The Morgan fingerprint density at radius 2 is 1.97 bits per heavy atom. The average molecular weight is 392 g/mol. The number of ketones is 1. The van der Waals surface area contributed by atoms with Crippen molar-refractivity contribution in [3.63, 3.8) is 0 Å². The summed E-state index contributed by atoms with van der Waals surface area (Å²) < 4.78 is 5.58. The molecule has 8 heteroatoms. The second-order valence-electron chi connectivity index (χ2n) is 8.32. The number of nitrogens with zero attached hydrogens (tertiary/aromatic N) is 2. The highest BCUT2D eigenvalue weighted by Crippen LogP contribution is 2.57. The van der Waals surface area contributed by atoms with Crippen LogP contribution < -0.4 is 16.2 Å². The van der Waals surface area contributed by atoms with Crippen molar-refractivity contribution in [2.45, 2.75) is 32.1 Å². The normalized spacial score (nSPS) is 24.9. The van der Waals surface area contributed by atoms with Gasteiger partial charge in [-0.15, -0.1) is 0 Å². The summed E-state index contributed by atoms with van der Waals surface area (Å²) >= 11 is 0. The van der Waals surface area contributed by atoms with E-state index in [1.165, 1.54) is 4.90 Å². The largest absolute Gasteiger partial charge is 0.440 e. The Bertz CT molecular complexity index is 1090. The van der Waals surface area contributed by atoms with Crippen LogP contribution in [0.1, 0.15) is 32.3 Å². The number of Topliss-reactive ketones (excluding diaryl/α,β-unsaturated/α-hetero) is 1. The van der Waals surface area contributed by atoms with Gasteiger partial charge >= 0.3 is 0 Å². The second-order valence-corrected chi connectivity index (χ2v) is 8.32. The standard InChI is InChI=1S/C21H20N4O4/c1-20(2)7-13-17(14(26)8-20)21(19(28)25(13)10-16(23)27)11-5-3-4-6-15(11)29-18(24)12(21)9-22/h3-6H,7-8,10,24H2,1-2H3,(H2,23,27). The molecule has 2 heterocycles. The smallest absolute Gasteiger partial charge is 0.248 e. The topological polar surface area (TPSA) is 140 Å². The molecular formula is C21H20N4O4. The number of ether oxygens (including phenoxy) is 1. The van der Waals surface area contributed by atoms with Gasteiger partial charge in [0, 0.05) is 23.3 Å². The number of amides is 2. The number of hydrogen-bond donors (Lipinski definition) is 2. The molecule has 1 aliphatic carbocycles. The van der Waals surface area contributed by atoms with Crippen LogP contribution in [0.4, 0.5) is 0 Å². The summed E-state index contributed by atoms with van der Waals surface area (Å²) in [6, 6.07) is 8.66. The molecule has 1 unspecified atom stereocenters. The fraction of sp³-hybridized carbons (Fsp3) is 0.333. The van der Waals surface area contributed by atoms with E-state index in [1.54, 1.807) is 24.3 Å². The van der Waals surface area contributed by atoms with Gasteiger partial charge in [0.2, 0.25) is 17.7 Å². The third-order valence-corrected chi connectivity index (χ3v) is 5.68. The molecule has 29 heavy (non-hydrogen) atoms. The molecule has 4 N–H and O–H groups in total. The Labute approximate surface area is 167 Å². The second kappa shape index (κ2) is 5.95. The Balaban J connectivity index is 2.11. The fourth-order valence-corrected chi connectivity index (χ4v) is 4.67. The van der Waals surface area contributed by atoms with E-state index in [-0.39, 0.29) is 35.8 Å². The van der Waals surface area contributed by atoms with Crippen molar-refractivity contribution in [1.29, 1.82) is 5.26 Å². The Kier molecular flexibility index (Phi) is 3.84. The Morgan fingerprint density at radius 1 is 1.28 bits per heavy atom. The maximum atomic E-state index is 13.8. The molecule has 1 aromatic rings. The number of nitriles is 1. The number of nitrogens with two attached hydrogens (primary N) is 2. The number of carbonyl (C=O) groups is 3. The third kappa shape index (κ3) is 2.40. The van der Waals surface area contributed by atoms with Gasteiger partial charge in [0.15, 0.2) is 5.78 Å². The molecule has 0 radical (unpaired) electrons. The van der Waals surface area contributed by atoms with E-state index in [0.717, 1.165) is 0 Å². The summed E-state index contributed by atoms with van der Waals surface area (Å²) in [6.45, 7) is 3.45. The van der Waals surface area contributed by atoms with Gasteiger partial charge in [0.25, 0.3) is 0 Å². The van der Waals surface area contributed by atoms with Crippen molar-refractivity contribution in [2.24, 2.45) is 16.9 Å². The number of hydrogen-bond acceptors (Lipinski definition) is 6. The number of primary amides is 1. The lowest BCUT2D eigenvalue weighted by molar-refractivity contribution is -0.134. The molecule has 1 spiro atoms. The van der Waals surface area contributed by atoms with E-state index in [2.05, 4.69) is 0 Å². The Hall–Kier alpha value is -3.60. The van der Waals surface area contributed by atoms with Crippen LogP contribution in [-0.4, -0.2) is 29.0 Å². The predicted molar refractivity (Wildman–Crippen MR) is 102 cm³/mol. The van der Waals surface area contributed by atoms with Crippen LogP contribution in [0.2, 0.25) is 0 Å². The zero-order valence-electron chi connectivity index (χ0n) is 16.1. The zero-order chi connectivity index (χ0) is 21.1. The van der Waals surface area contributed by atoms with Crippen molar-refractivity contribution in [1.82, 2.24) is 4.90 Å². The lowest BCUT2D eigenvalue weighted by Gasteiger charge is -2.37. The molecule has 1 aromatic carbocycles. The highest BCUT2D eigenvalue weighted by Gasteiger charge is 2.63. The van der Waals surface area contributed by atoms with Gasteiger partial charge in [-0.3, -0.25) is 14.4 Å². The van der Waals surface area contributed by atoms with Crippen molar-refractivity contribution in [3.05, 3.63) is 52.6 Å². The molecular weight excluding hydrogens is 372 g/mol. The van der Waals surface area contributed by atoms with Crippen molar-refractivity contribution in [3.8, 4) is 11.8 Å². The molecule has 1 atom stereocenters. The number of rotatable bonds is 2. The van der Waals surface area contributed by atoms with E-state index in [9.17, 15) is 19.6 Å². The molecule has 2 amide bonds. The first-order valence-corrected chi connectivity index (χ1v) is 9.18. The summed E-state index contributed by atoms with van der Waals surface area (Å²) in [5, 5.41) is 9.91. The molecule has 3 aliphatic rings. The minimum Gasteiger partial charge on any atom is -0.440 e. The van der Waals surface area contributed by atoms with Gasteiger partial charge in [-0.2, -0.15) is 5.26 Å². The molecule has 0 aromatic heterocycles. The zero-order valence-corrected chi connectivity index (χ0v) is 16.1. The van der Waals surface area contributed by atoms with Crippen LogP contribution in [0.5, 0.6) is 5.75 Å². The summed E-state index contributed by atoms with van der Waals surface area (Å²) in [7, 11) is 0. The lowest BCUT2D eigenvalue weighted by atomic mass is 9.63. The fourth-order valence-electron chi connectivity index (χ4n) is 4.67. The van der Waals surface area contributed by atoms with E-state index < -0.39 is 22.6 Å². The van der Waals surface area contributed by atoms with Crippen LogP contribution in [0.15, 0.2) is 47.0 Å². The highest BCUT2D eigenvalue weighted by molar-refractivity contribution is 6.16. The number of para-hydroxylation sites is 1. The first kappa shape index (κ1) is 18.7.